The van der Waals surface area contributed by atoms with Crippen LogP contribution in [0.3, 0.4) is 0 Å². The molecule has 2 aliphatic carbocycles. The number of rotatable bonds is 7. The standard InChI is InChI=1S/C29H39N7O4/c1-18-16-31-28(40)36(17-18)29(27(39)30-2)14-20-9-10-22(13-21(20)15-29)33-26(38)24(19-7-5-4-6-8-19)34-25(37)23-11-12-32-35(23)3/h9-13,18-19,24H,4-8,14-17H2,1-3H3,(H,30,39)(H,31,40)(H,33,38)(H,34,37)/t18?,24-,29?/m0/s1. The van der Waals surface area contributed by atoms with Crippen LogP contribution in [0.4, 0.5) is 10.5 Å². The van der Waals surface area contributed by atoms with Crippen molar-refractivity contribution in [2.75, 3.05) is 25.5 Å². The van der Waals surface area contributed by atoms with Gasteiger partial charge in [-0.3, -0.25) is 19.1 Å². The van der Waals surface area contributed by atoms with Crippen molar-refractivity contribution in [3.63, 3.8) is 0 Å². The van der Waals surface area contributed by atoms with Crippen LogP contribution in [0, 0.1) is 11.8 Å². The molecule has 0 spiro atoms. The van der Waals surface area contributed by atoms with Gasteiger partial charge in [0.15, 0.2) is 0 Å². The molecule has 40 heavy (non-hydrogen) atoms. The number of nitrogens with zero attached hydrogens (tertiary/aromatic N) is 3. The number of aromatic nitrogens is 2. The number of benzene rings is 1. The molecule has 2 heterocycles. The fraction of sp³-hybridized carbons (Fsp3) is 0.552. The van der Waals surface area contributed by atoms with Crippen molar-refractivity contribution in [3.8, 4) is 0 Å². The Morgan fingerprint density at radius 1 is 1.10 bits per heavy atom. The molecule has 2 fully saturated rings. The molecule has 5 amide bonds. The number of hydrogen-bond donors (Lipinski definition) is 4. The Balaban J connectivity index is 1.36. The molecular formula is C29H39N7O4. The molecule has 3 aliphatic rings. The molecular weight excluding hydrogens is 510 g/mol. The zero-order valence-corrected chi connectivity index (χ0v) is 23.5. The summed E-state index contributed by atoms with van der Waals surface area (Å²) >= 11 is 0. The van der Waals surface area contributed by atoms with Gasteiger partial charge in [-0.05, 0) is 54.0 Å². The molecule has 1 aliphatic heterocycles. The number of carbonyl (C=O) groups is 4. The quantitative estimate of drug-likeness (QED) is 0.419. The molecule has 0 bridgehead atoms. The summed E-state index contributed by atoms with van der Waals surface area (Å²) in [5.74, 6) is -0.531. The van der Waals surface area contributed by atoms with E-state index in [4.69, 9.17) is 0 Å². The van der Waals surface area contributed by atoms with Crippen LogP contribution in [0.15, 0.2) is 30.5 Å². The first kappa shape index (κ1) is 27.7. The monoisotopic (exact) mass is 549 g/mol. The SMILES string of the molecule is CNC(=O)C1(N2CC(C)CNC2=O)Cc2ccc(NC(=O)[C@@H](NC(=O)c3ccnn3C)C3CCCCC3)cc2C1. The maximum Gasteiger partial charge on any atom is 0.318 e. The molecule has 3 atom stereocenters. The lowest BCUT2D eigenvalue weighted by molar-refractivity contribution is -0.131. The third-order valence-corrected chi connectivity index (χ3v) is 8.69. The van der Waals surface area contributed by atoms with E-state index in [2.05, 4.69) is 33.3 Å². The molecule has 1 saturated heterocycles. The normalized spacial score (nSPS) is 23.6. The van der Waals surface area contributed by atoms with E-state index in [0.29, 0.717) is 37.3 Å². The number of anilines is 1. The van der Waals surface area contributed by atoms with Gasteiger partial charge in [0.2, 0.25) is 11.8 Å². The topological polar surface area (TPSA) is 137 Å². The van der Waals surface area contributed by atoms with E-state index in [-0.39, 0.29) is 35.6 Å². The smallest absolute Gasteiger partial charge is 0.318 e. The van der Waals surface area contributed by atoms with E-state index in [0.717, 1.165) is 43.2 Å². The Labute approximate surface area is 234 Å². The minimum Gasteiger partial charge on any atom is -0.357 e. The van der Waals surface area contributed by atoms with Gasteiger partial charge in [-0.15, -0.1) is 0 Å². The summed E-state index contributed by atoms with van der Waals surface area (Å²) in [7, 11) is 3.29. The van der Waals surface area contributed by atoms with E-state index in [1.54, 1.807) is 31.3 Å². The Morgan fingerprint density at radius 3 is 2.55 bits per heavy atom. The largest absolute Gasteiger partial charge is 0.357 e. The highest BCUT2D eigenvalue weighted by Crippen LogP contribution is 2.38. The highest BCUT2D eigenvalue weighted by Gasteiger charge is 2.51. The summed E-state index contributed by atoms with van der Waals surface area (Å²) in [4.78, 5) is 54.5. The Morgan fingerprint density at radius 2 is 1.85 bits per heavy atom. The average molecular weight is 550 g/mol. The van der Waals surface area contributed by atoms with Gasteiger partial charge in [0.1, 0.15) is 17.3 Å². The van der Waals surface area contributed by atoms with Crippen LogP contribution in [0.1, 0.15) is 60.6 Å². The van der Waals surface area contributed by atoms with Crippen molar-refractivity contribution in [3.05, 3.63) is 47.3 Å². The summed E-state index contributed by atoms with van der Waals surface area (Å²) in [6, 6.07) is 6.36. The summed E-state index contributed by atoms with van der Waals surface area (Å²) in [5.41, 5.74) is 1.86. The third-order valence-electron chi connectivity index (χ3n) is 8.69. The molecule has 1 aromatic heterocycles. The highest BCUT2D eigenvalue weighted by atomic mass is 16.2. The van der Waals surface area contributed by atoms with Crippen molar-refractivity contribution >= 4 is 29.4 Å². The molecule has 2 aromatic rings. The number of amides is 5. The van der Waals surface area contributed by atoms with Crippen molar-refractivity contribution < 1.29 is 19.2 Å². The summed E-state index contributed by atoms with van der Waals surface area (Å²) in [6.45, 7) is 3.13. The zero-order chi connectivity index (χ0) is 28.4. The number of likely N-dealkylation sites (N-methyl/N-ethyl adjacent to an activating group) is 1. The summed E-state index contributed by atoms with van der Waals surface area (Å²) in [5, 5.41) is 15.8. The molecule has 11 nitrogen and oxygen atoms in total. The molecule has 1 aromatic carbocycles. The van der Waals surface area contributed by atoms with E-state index in [9.17, 15) is 19.2 Å². The minimum atomic E-state index is -1.03. The van der Waals surface area contributed by atoms with Crippen molar-refractivity contribution in [1.82, 2.24) is 30.6 Å². The maximum atomic E-state index is 13.6. The minimum absolute atomic E-state index is 0.0425. The van der Waals surface area contributed by atoms with Gasteiger partial charge in [-0.1, -0.05) is 32.3 Å². The van der Waals surface area contributed by atoms with Crippen molar-refractivity contribution in [2.45, 2.75) is 63.5 Å². The molecule has 2 unspecified atom stereocenters. The second-order valence-electron chi connectivity index (χ2n) is 11.5. The molecule has 5 rings (SSSR count). The van der Waals surface area contributed by atoms with Crippen LogP contribution >= 0.6 is 0 Å². The number of urea groups is 1. The van der Waals surface area contributed by atoms with E-state index in [1.165, 1.54) is 4.68 Å². The predicted octanol–water partition coefficient (Wildman–Crippen LogP) is 1.98. The molecule has 1 saturated carbocycles. The molecule has 4 N–H and O–H groups in total. The number of fused-ring (bicyclic) bond motifs is 1. The first-order valence-corrected chi connectivity index (χ1v) is 14.2. The van der Waals surface area contributed by atoms with Crippen LogP contribution in [-0.2, 0) is 29.5 Å². The molecule has 0 radical (unpaired) electrons. The number of aryl methyl sites for hydroxylation is 1. The second kappa shape index (κ2) is 11.3. The fourth-order valence-electron chi connectivity index (χ4n) is 6.52. The number of nitrogens with one attached hydrogen (secondary N) is 4. The second-order valence-corrected chi connectivity index (χ2v) is 11.5. The lowest BCUT2D eigenvalue weighted by atomic mass is 9.83. The van der Waals surface area contributed by atoms with E-state index in [1.807, 2.05) is 18.2 Å². The first-order chi connectivity index (χ1) is 19.2. The van der Waals surface area contributed by atoms with Gasteiger partial charge in [0.25, 0.3) is 5.91 Å². The third kappa shape index (κ3) is 5.29. The van der Waals surface area contributed by atoms with Crippen LogP contribution in [0.2, 0.25) is 0 Å². The van der Waals surface area contributed by atoms with E-state index < -0.39 is 11.6 Å². The van der Waals surface area contributed by atoms with Crippen LogP contribution in [0.5, 0.6) is 0 Å². The van der Waals surface area contributed by atoms with Gasteiger partial charge < -0.3 is 26.2 Å². The lowest BCUT2D eigenvalue weighted by Crippen LogP contribution is -2.66. The number of hydrogen-bond acceptors (Lipinski definition) is 5. The lowest BCUT2D eigenvalue weighted by Gasteiger charge is -2.43. The van der Waals surface area contributed by atoms with Crippen molar-refractivity contribution in [1.29, 1.82) is 0 Å². The van der Waals surface area contributed by atoms with Gasteiger partial charge in [0, 0.05) is 51.9 Å². The Hall–Kier alpha value is -3.89. The van der Waals surface area contributed by atoms with Crippen LogP contribution in [0.25, 0.3) is 0 Å². The highest BCUT2D eigenvalue weighted by molar-refractivity contribution is 6.01. The van der Waals surface area contributed by atoms with Gasteiger partial charge in [0.05, 0.1) is 0 Å². The number of carbonyl (C=O) groups excluding carboxylic acids is 4. The first-order valence-electron chi connectivity index (χ1n) is 14.2. The maximum absolute atomic E-state index is 13.6. The van der Waals surface area contributed by atoms with Gasteiger partial charge in [-0.2, -0.15) is 5.10 Å². The summed E-state index contributed by atoms with van der Waals surface area (Å²) < 4.78 is 1.49. The van der Waals surface area contributed by atoms with Crippen molar-refractivity contribution in [2.24, 2.45) is 18.9 Å². The Bertz CT molecular complexity index is 1300. The van der Waals surface area contributed by atoms with E-state index >= 15 is 0 Å². The Kier molecular flexibility index (Phi) is 7.82. The predicted molar refractivity (Wildman–Crippen MR) is 150 cm³/mol. The summed E-state index contributed by atoms with van der Waals surface area (Å²) in [6.07, 6.45) is 7.25. The van der Waals surface area contributed by atoms with Gasteiger partial charge in [-0.25, -0.2) is 4.79 Å². The van der Waals surface area contributed by atoms with Gasteiger partial charge >= 0.3 is 6.03 Å². The van der Waals surface area contributed by atoms with Crippen LogP contribution < -0.4 is 21.3 Å². The zero-order valence-electron chi connectivity index (χ0n) is 23.5. The fourth-order valence-corrected chi connectivity index (χ4v) is 6.52. The molecule has 214 valence electrons. The van der Waals surface area contributed by atoms with Crippen LogP contribution in [-0.4, -0.2) is 70.2 Å². The molecule has 11 heteroatoms. The average Bonchev–Trinajstić information content (AvgIpc) is 3.56.